The lowest BCUT2D eigenvalue weighted by molar-refractivity contribution is 0.691. The van der Waals surface area contributed by atoms with Crippen LogP contribution in [-0.4, -0.2) is 25.0 Å². The van der Waals surface area contributed by atoms with Crippen molar-refractivity contribution in [2.24, 2.45) is 0 Å². The number of aromatic nitrogens is 5. The van der Waals surface area contributed by atoms with Crippen LogP contribution in [0.3, 0.4) is 0 Å². The molecule has 24 heavy (non-hydrogen) atoms. The minimum absolute atomic E-state index is 0.680. The number of hydrogen-bond donors (Lipinski definition) is 1. The molecule has 0 saturated heterocycles. The van der Waals surface area contributed by atoms with Crippen LogP contribution in [0, 0.1) is 0 Å². The van der Waals surface area contributed by atoms with Gasteiger partial charge in [0.15, 0.2) is 5.65 Å². The summed E-state index contributed by atoms with van der Waals surface area (Å²) in [7, 11) is 0. The second-order valence-electron chi connectivity index (χ2n) is 5.53. The topological polar surface area (TPSA) is 68.0 Å². The van der Waals surface area contributed by atoms with Gasteiger partial charge in [-0.15, -0.1) is 5.10 Å². The number of pyridine rings is 2. The summed E-state index contributed by atoms with van der Waals surface area (Å²) in [6, 6.07) is 16.4. The van der Waals surface area contributed by atoms with Crippen molar-refractivity contribution >= 4 is 5.65 Å². The predicted octanol–water partition coefficient (Wildman–Crippen LogP) is 2.48. The maximum atomic E-state index is 4.13. The van der Waals surface area contributed by atoms with E-state index in [2.05, 4.69) is 50.1 Å². The van der Waals surface area contributed by atoms with Crippen LogP contribution in [-0.2, 0) is 13.1 Å². The van der Waals surface area contributed by atoms with Crippen molar-refractivity contribution in [3.05, 3.63) is 78.2 Å². The zero-order valence-corrected chi connectivity index (χ0v) is 13.0. The number of rotatable bonds is 5. The van der Waals surface area contributed by atoms with Gasteiger partial charge in [0, 0.05) is 42.8 Å². The third kappa shape index (κ3) is 3.00. The van der Waals surface area contributed by atoms with Crippen LogP contribution in [0.25, 0.3) is 16.8 Å². The van der Waals surface area contributed by atoms with Gasteiger partial charge in [0.05, 0.1) is 0 Å². The van der Waals surface area contributed by atoms with Gasteiger partial charge in [-0.3, -0.25) is 4.98 Å². The summed E-state index contributed by atoms with van der Waals surface area (Å²) in [5.41, 5.74) is 5.21. The maximum absolute atomic E-state index is 4.13. The minimum atomic E-state index is 0.680. The Morgan fingerprint density at radius 1 is 0.958 bits per heavy atom. The summed E-state index contributed by atoms with van der Waals surface area (Å²) in [6.45, 7) is 1.43. The van der Waals surface area contributed by atoms with E-state index in [-0.39, 0.29) is 0 Å². The Hall–Kier alpha value is -3.12. The van der Waals surface area contributed by atoms with Crippen LogP contribution >= 0.6 is 0 Å². The van der Waals surface area contributed by atoms with E-state index >= 15 is 0 Å². The predicted molar refractivity (Wildman–Crippen MR) is 91.0 cm³/mol. The summed E-state index contributed by atoms with van der Waals surface area (Å²) in [5, 5.41) is 15.4. The zero-order valence-electron chi connectivity index (χ0n) is 13.0. The quantitative estimate of drug-likeness (QED) is 0.612. The molecule has 0 aliphatic rings. The molecule has 118 valence electrons. The van der Waals surface area contributed by atoms with E-state index < -0.39 is 0 Å². The number of tetrazole rings is 1. The van der Waals surface area contributed by atoms with Gasteiger partial charge in [-0.05, 0) is 33.7 Å². The normalized spacial score (nSPS) is 11.0. The van der Waals surface area contributed by atoms with E-state index in [1.807, 2.05) is 36.7 Å². The molecule has 0 spiro atoms. The van der Waals surface area contributed by atoms with Gasteiger partial charge in [0.2, 0.25) is 0 Å². The lowest BCUT2D eigenvalue weighted by Gasteiger charge is -2.08. The first-order valence-electron chi connectivity index (χ1n) is 7.76. The maximum Gasteiger partial charge on any atom is 0.183 e. The molecule has 0 bridgehead atoms. The largest absolute Gasteiger partial charge is 0.308 e. The molecular formula is C18H16N6. The average Bonchev–Trinajstić information content (AvgIpc) is 3.12. The molecule has 0 aliphatic heterocycles. The van der Waals surface area contributed by atoms with Crippen LogP contribution < -0.4 is 5.32 Å². The molecule has 0 radical (unpaired) electrons. The number of nitrogens with zero attached hydrogens (tertiary/aromatic N) is 5. The molecule has 1 aromatic carbocycles. The highest BCUT2D eigenvalue weighted by Crippen LogP contribution is 2.21. The molecule has 0 unspecified atom stereocenters. The van der Waals surface area contributed by atoms with Crippen molar-refractivity contribution < 1.29 is 0 Å². The summed E-state index contributed by atoms with van der Waals surface area (Å²) < 4.78 is 1.73. The van der Waals surface area contributed by atoms with E-state index in [4.69, 9.17) is 0 Å². The third-order valence-electron chi connectivity index (χ3n) is 3.85. The Morgan fingerprint density at radius 3 is 2.71 bits per heavy atom. The Kier molecular flexibility index (Phi) is 3.95. The van der Waals surface area contributed by atoms with E-state index in [9.17, 15) is 0 Å². The molecule has 3 aromatic heterocycles. The molecule has 0 amide bonds. The molecule has 6 nitrogen and oxygen atoms in total. The van der Waals surface area contributed by atoms with E-state index in [1.165, 1.54) is 0 Å². The van der Waals surface area contributed by atoms with E-state index in [1.54, 1.807) is 10.7 Å². The smallest absolute Gasteiger partial charge is 0.183 e. The highest BCUT2D eigenvalue weighted by Gasteiger charge is 2.09. The second kappa shape index (κ2) is 6.55. The fourth-order valence-electron chi connectivity index (χ4n) is 2.68. The first-order chi connectivity index (χ1) is 11.9. The zero-order chi connectivity index (χ0) is 16.2. The van der Waals surface area contributed by atoms with Crippen molar-refractivity contribution in [2.45, 2.75) is 13.1 Å². The number of hydrogen-bond acceptors (Lipinski definition) is 5. The van der Waals surface area contributed by atoms with Gasteiger partial charge in [-0.25, -0.2) is 0 Å². The van der Waals surface area contributed by atoms with Crippen LogP contribution in [0.15, 0.2) is 67.1 Å². The van der Waals surface area contributed by atoms with Gasteiger partial charge in [0.1, 0.15) is 0 Å². The highest BCUT2D eigenvalue weighted by molar-refractivity contribution is 5.66. The molecule has 3 heterocycles. The third-order valence-corrected chi connectivity index (χ3v) is 3.85. The molecule has 1 N–H and O–H groups in total. The molecule has 0 aliphatic carbocycles. The molecule has 0 atom stereocenters. The SMILES string of the molecule is c1ccc(-c2cc(CNCc3cccnc3)c3nnnn3c2)cc1. The fourth-order valence-corrected chi connectivity index (χ4v) is 2.68. The van der Waals surface area contributed by atoms with Crippen LogP contribution in [0.5, 0.6) is 0 Å². The van der Waals surface area contributed by atoms with Crippen molar-refractivity contribution in [2.75, 3.05) is 0 Å². The highest BCUT2D eigenvalue weighted by atomic mass is 15.5. The van der Waals surface area contributed by atoms with Crippen LogP contribution in [0.1, 0.15) is 11.1 Å². The molecule has 4 rings (SSSR count). The molecule has 6 heteroatoms. The van der Waals surface area contributed by atoms with Gasteiger partial charge in [-0.1, -0.05) is 36.4 Å². The summed E-state index contributed by atoms with van der Waals surface area (Å²) >= 11 is 0. The van der Waals surface area contributed by atoms with Gasteiger partial charge in [0.25, 0.3) is 0 Å². The summed E-state index contributed by atoms with van der Waals surface area (Å²) in [5.74, 6) is 0. The van der Waals surface area contributed by atoms with Crippen LogP contribution in [0.4, 0.5) is 0 Å². The molecule has 0 saturated carbocycles. The number of fused-ring (bicyclic) bond motifs is 1. The standard InChI is InChI=1S/C18H16N6/c1-2-6-15(7-3-1)17-9-16(18-21-22-23-24(18)13-17)12-20-11-14-5-4-8-19-10-14/h1-10,13,20H,11-12H2. The van der Waals surface area contributed by atoms with Crippen molar-refractivity contribution in [3.8, 4) is 11.1 Å². The van der Waals surface area contributed by atoms with Gasteiger partial charge < -0.3 is 5.32 Å². The Morgan fingerprint density at radius 2 is 1.88 bits per heavy atom. The molecular weight excluding hydrogens is 300 g/mol. The summed E-state index contributed by atoms with van der Waals surface area (Å²) in [4.78, 5) is 4.13. The second-order valence-corrected chi connectivity index (χ2v) is 5.53. The lowest BCUT2D eigenvalue weighted by atomic mass is 10.1. The molecule has 0 fully saturated rings. The number of nitrogens with one attached hydrogen (secondary N) is 1. The first kappa shape index (κ1) is 14.5. The fraction of sp³-hybridized carbons (Fsp3) is 0.111. The van der Waals surface area contributed by atoms with E-state index in [0.29, 0.717) is 6.54 Å². The molecule has 4 aromatic rings. The van der Waals surface area contributed by atoms with Gasteiger partial charge >= 0.3 is 0 Å². The lowest BCUT2D eigenvalue weighted by Crippen LogP contribution is -2.14. The average molecular weight is 316 g/mol. The summed E-state index contributed by atoms with van der Waals surface area (Å²) in [6.07, 6.45) is 5.59. The van der Waals surface area contributed by atoms with Crippen molar-refractivity contribution in [3.63, 3.8) is 0 Å². The number of benzene rings is 1. The van der Waals surface area contributed by atoms with Crippen molar-refractivity contribution in [1.82, 2.24) is 30.3 Å². The Bertz CT molecular complexity index is 934. The minimum Gasteiger partial charge on any atom is -0.308 e. The Labute approximate surface area is 139 Å². The monoisotopic (exact) mass is 316 g/mol. The van der Waals surface area contributed by atoms with Crippen LogP contribution in [0.2, 0.25) is 0 Å². The van der Waals surface area contributed by atoms with E-state index in [0.717, 1.165) is 34.4 Å². The van der Waals surface area contributed by atoms with Gasteiger partial charge in [-0.2, -0.15) is 4.52 Å². The van der Waals surface area contributed by atoms with Crippen molar-refractivity contribution in [1.29, 1.82) is 0 Å². The Balaban J connectivity index is 1.60. The first-order valence-corrected chi connectivity index (χ1v) is 7.76.